The number of furan rings is 1. The van der Waals surface area contributed by atoms with Gasteiger partial charge >= 0.3 is 0 Å². The predicted octanol–water partition coefficient (Wildman–Crippen LogP) is 3.69. The molecule has 8 heteroatoms. The number of nitrogens with zero attached hydrogens (tertiary/aromatic N) is 1. The molecule has 1 aromatic heterocycles. The molecule has 32 heavy (non-hydrogen) atoms. The van der Waals surface area contributed by atoms with Crippen LogP contribution >= 0.6 is 0 Å². The first kappa shape index (κ1) is 23.0. The maximum absolute atomic E-state index is 12.9. The Kier molecular flexibility index (Phi) is 8.39. The van der Waals surface area contributed by atoms with E-state index in [0.717, 1.165) is 0 Å². The third-order valence-corrected chi connectivity index (χ3v) is 4.63. The summed E-state index contributed by atoms with van der Waals surface area (Å²) in [6, 6.07) is 16.2. The molecule has 0 unspecified atom stereocenters. The molecule has 0 spiro atoms. The lowest BCUT2D eigenvalue weighted by atomic mass is 10.1. The van der Waals surface area contributed by atoms with Gasteiger partial charge < -0.3 is 19.8 Å². The maximum atomic E-state index is 12.9. The van der Waals surface area contributed by atoms with Crippen LogP contribution in [-0.2, 0) is 11.3 Å². The summed E-state index contributed by atoms with van der Waals surface area (Å²) in [4.78, 5) is 26.9. The van der Waals surface area contributed by atoms with E-state index in [1.807, 2.05) is 11.9 Å². The van der Waals surface area contributed by atoms with Gasteiger partial charge in [0.25, 0.3) is 5.91 Å². The Morgan fingerprint density at radius 2 is 1.84 bits per heavy atom. The number of carbonyl (C=O) groups is 2. The highest BCUT2D eigenvalue weighted by molar-refractivity contribution is 6.04. The number of ether oxygens (including phenoxy) is 1. The molecule has 0 saturated heterocycles. The quantitative estimate of drug-likeness (QED) is 0.445. The van der Waals surface area contributed by atoms with Crippen LogP contribution in [0.4, 0.5) is 10.1 Å². The van der Waals surface area contributed by atoms with Crippen LogP contribution in [0.3, 0.4) is 0 Å². The van der Waals surface area contributed by atoms with E-state index in [0.29, 0.717) is 42.3 Å². The number of anilines is 1. The van der Waals surface area contributed by atoms with Crippen molar-refractivity contribution in [1.29, 1.82) is 0 Å². The van der Waals surface area contributed by atoms with Gasteiger partial charge in [0.1, 0.15) is 17.3 Å². The summed E-state index contributed by atoms with van der Waals surface area (Å²) in [7, 11) is 1.83. The highest BCUT2D eigenvalue weighted by Gasteiger charge is 2.14. The lowest BCUT2D eigenvalue weighted by molar-refractivity contribution is -0.117. The van der Waals surface area contributed by atoms with E-state index in [2.05, 4.69) is 10.6 Å². The van der Waals surface area contributed by atoms with Crippen LogP contribution in [0.5, 0.6) is 5.75 Å². The molecule has 3 rings (SSSR count). The Bertz CT molecular complexity index is 1010. The first-order valence-electron chi connectivity index (χ1n) is 10.3. The molecule has 0 bridgehead atoms. The summed E-state index contributed by atoms with van der Waals surface area (Å²) >= 11 is 0. The molecule has 0 saturated carbocycles. The van der Waals surface area contributed by atoms with Gasteiger partial charge in [-0.1, -0.05) is 12.1 Å². The van der Waals surface area contributed by atoms with Gasteiger partial charge in [-0.25, -0.2) is 4.39 Å². The first-order valence-corrected chi connectivity index (χ1v) is 10.3. The zero-order valence-corrected chi connectivity index (χ0v) is 17.8. The largest absolute Gasteiger partial charge is 0.494 e. The predicted molar refractivity (Wildman–Crippen MR) is 119 cm³/mol. The van der Waals surface area contributed by atoms with E-state index in [9.17, 15) is 14.0 Å². The van der Waals surface area contributed by atoms with E-state index < -0.39 is 0 Å². The molecule has 3 aromatic rings. The molecule has 0 aliphatic heterocycles. The van der Waals surface area contributed by atoms with Crippen molar-refractivity contribution in [2.45, 2.75) is 13.0 Å². The summed E-state index contributed by atoms with van der Waals surface area (Å²) in [6.45, 7) is 1.52. The van der Waals surface area contributed by atoms with Crippen LogP contribution in [0.25, 0.3) is 0 Å². The fourth-order valence-corrected chi connectivity index (χ4v) is 3.04. The van der Waals surface area contributed by atoms with Crippen LogP contribution in [-0.4, -0.2) is 43.5 Å². The van der Waals surface area contributed by atoms with Crippen LogP contribution < -0.4 is 15.4 Å². The van der Waals surface area contributed by atoms with Gasteiger partial charge in [0.15, 0.2) is 0 Å². The van der Waals surface area contributed by atoms with Crippen molar-refractivity contribution < 1.29 is 23.1 Å². The molecule has 2 aromatic carbocycles. The van der Waals surface area contributed by atoms with Gasteiger partial charge in [0, 0.05) is 6.54 Å². The molecule has 0 atom stereocenters. The van der Waals surface area contributed by atoms with Gasteiger partial charge in [-0.2, -0.15) is 0 Å². The third kappa shape index (κ3) is 7.24. The number of benzene rings is 2. The van der Waals surface area contributed by atoms with Crippen LogP contribution in [0.15, 0.2) is 71.3 Å². The summed E-state index contributed by atoms with van der Waals surface area (Å²) in [5.41, 5.74) is 0.824. The van der Waals surface area contributed by atoms with E-state index in [1.54, 1.807) is 54.8 Å². The summed E-state index contributed by atoms with van der Waals surface area (Å²) < 4.78 is 23.7. The third-order valence-electron chi connectivity index (χ3n) is 4.63. The van der Waals surface area contributed by atoms with Crippen LogP contribution in [0.2, 0.25) is 0 Å². The lowest BCUT2D eigenvalue weighted by Crippen LogP contribution is -2.32. The van der Waals surface area contributed by atoms with E-state index in [-0.39, 0.29) is 30.7 Å². The fourth-order valence-electron chi connectivity index (χ4n) is 3.04. The van der Waals surface area contributed by atoms with Gasteiger partial charge in [-0.3, -0.25) is 14.5 Å². The zero-order valence-electron chi connectivity index (χ0n) is 17.8. The van der Waals surface area contributed by atoms with Crippen molar-refractivity contribution in [3.05, 3.63) is 84.1 Å². The number of likely N-dealkylation sites (N-methyl/N-ethyl adjacent to an activating group) is 1. The minimum atomic E-state index is -0.306. The summed E-state index contributed by atoms with van der Waals surface area (Å²) in [6.07, 6.45) is 2.24. The topological polar surface area (TPSA) is 83.8 Å². The molecule has 7 nitrogen and oxygen atoms in total. The molecule has 0 aliphatic carbocycles. The number of para-hydroxylation sites is 1. The molecule has 2 N–H and O–H groups in total. The molecular formula is C24H26FN3O4. The van der Waals surface area contributed by atoms with Crippen molar-refractivity contribution >= 4 is 17.5 Å². The second kappa shape index (κ2) is 11.7. The standard InChI is InChI=1S/C24H26FN3O4/c1-28(13-5-15-31-19-11-9-18(25)10-12-19)17-23(29)27-22-8-3-2-7-21(22)24(30)26-16-20-6-4-14-32-20/h2-4,6-12,14H,5,13,15-17H2,1H3,(H,26,30)(H,27,29). The monoisotopic (exact) mass is 439 g/mol. The van der Waals surface area contributed by atoms with E-state index in [1.165, 1.54) is 12.1 Å². The van der Waals surface area contributed by atoms with Gasteiger partial charge in [-0.15, -0.1) is 0 Å². The minimum absolute atomic E-state index is 0.166. The minimum Gasteiger partial charge on any atom is -0.494 e. The number of hydrogen-bond donors (Lipinski definition) is 2. The maximum Gasteiger partial charge on any atom is 0.253 e. The van der Waals surface area contributed by atoms with Gasteiger partial charge in [-0.05, 0) is 62.0 Å². The highest BCUT2D eigenvalue weighted by Crippen LogP contribution is 2.15. The number of amides is 2. The number of rotatable bonds is 11. The molecule has 2 amide bonds. The number of carbonyl (C=O) groups excluding carboxylic acids is 2. The van der Waals surface area contributed by atoms with Gasteiger partial charge in [0.05, 0.1) is 37.2 Å². The van der Waals surface area contributed by atoms with Crippen molar-refractivity contribution in [2.75, 3.05) is 32.1 Å². The molecule has 0 radical (unpaired) electrons. The average molecular weight is 439 g/mol. The molecular weight excluding hydrogens is 413 g/mol. The lowest BCUT2D eigenvalue weighted by Gasteiger charge is -2.17. The first-order chi connectivity index (χ1) is 15.5. The van der Waals surface area contributed by atoms with Crippen molar-refractivity contribution in [1.82, 2.24) is 10.2 Å². The highest BCUT2D eigenvalue weighted by atomic mass is 19.1. The fraction of sp³-hybridized carbons (Fsp3) is 0.250. The molecule has 1 heterocycles. The van der Waals surface area contributed by atoms with E-state index >= 15 is 0 Å². The Hall–Kier alpha value is -3.65. The number of nitrogens with one attached hydrogen (secondary N) is 2. The number of halogens is 1. The van der Waals surface area contributed by atoms with Crippen molar-refractivity contribution in [2.24, 2.45) is 0 Å². The molecule has 168 valence electrons. The van der Waals surface area contributed by atoms with E-state index in [4.69, 9.17) is 9.15 Å². The Labute approximate surface area is 186 Å². The summed E-state index contributed by atoms with van der Waals surface area (Å²) in [5, 5.41) is 5.58. The summed E-state index contributed by atoms with van der Waals surface area (Å²) in [5.74, 6) is 0.417. The normalized spacial score (nSPS) is 10.7. The van der Waals surface area contributed by atoms with Crippen molar-refractivity contribution in [3.8, 4) is 5.75 Å². The van der Waals surface area contributed by atoms with Crippen LogP contribution in [0.1, 0.15) is 22.5 Å². The second-order valence-electron chi connectivity index (χ2n) is 7.25. The Morgan fingerprint density at radius 1 is 1.06 bits per heavy atom. The van der Waals surface area contributed by atoms with Gasteiger partial charge in [0.2, 0.25) is 5.91 Å². The Balaban J connectivity index is 1.42. The smallest absolute Gasteiger partial charge is 0.253 e. The SMILES string of the molecule is CN(CCCOc1ccc(F)cc1)CC(=O)Nc1ccccc1C(=O)NCc1ccco1. The molecule has 0 aliphatic rings. The van der Waals surface area contributed by atoms with Crippen LogP contribution in [0, 0.1) is 5.82 Å². The molecule has 0 fully saturated rings. The zero-order chi connectivity index (χ0) is 22.8. The van der Waals surface area contributed by atoms with Crippen molar-refractivity contribution in [3.63, 3.8) is 0 Å². The number of hydrogen-bond acceptors (Lipinski definition) is 5. The second-order valence-corrected chi connectivity index (χ2v) is 7.25. The Morgan fingerprint density at radius 3 is 2.59 bits per heavy atom. The average Bonchev–Trinajstić information content (AvgIpc) is 3.30.